The van der Waals surface area contributed by atoms with Gasteiger partial charge in [0.2, 0.25) is 5.88 Å². The molecule has 3 aromatic rings. The first-order valence-corrected chi connectivity index (χ1v) is 9.15. The summed E-state index contributed by atoms with van der Waals surface area (Å²) >= 11 is 0. The number of hydrogen-bond donors (Lipinski definition) is 1. The summed E-state index contributed by atoms with van der Waals surface area (Å²) in [7, 11) is 0. The van der Waals surface area contributed by atoms with E-state index >= 15 is 0 Å². The fourth-order valence-electron chi connectivity index (χ4n) is 3.09. The number of ether oxygens (including phenoxy) is 1. The molecule has 0 radical (unpaired) electrons. The van der Waals surface area contributed by atoms with Crippen molar-refractivity contribution < 1.29 is 17.9 Å². The van der Waals surface area contributed by atoms with Crippen molar-refractivity contribution in [3.8, 4) is 29.0 Å². The molecule has 1 fully saturated rings. The molecule has 4 rings (SSSR count). The SMILES string of the molecule is Cc1nc(C(F)(F)F)cc(C2CC2)c1Oc1nc(-c2cncc(C#N)c2)ccc1N. The van der Waals surface area contributed by atoms with Crippen LogP contribution in [0.3, 0.4) is 0 Å². The number of rotatable bonds is 4. The van der Waals surface area contributed by atoms with Gasteiger partial charge in [0, 0.05) is 23.5 Å². The summed E-state index contributed by atoms with van der Waals surface area (Å²) in [6.45, 7) is 1.47. The molecule has 0 amide bonds. The quantitative estimate of drug-likeness (QED) is 0.650. The number of nitrogen functional groups attached to an aromatic ring is 1. The van der Waals surface area contributed by atoms with Crippen molar-refractivity contribution in [3.63, 3.8) is 0 Å². The topological polar surface area (TPSA) is 97.7 Å². The van der Waals surface area contributed by atoms with Gasteiger partial charge in [-0.1, -0.05) is 0 Å². The lowest BCUT2D eigenvalue weighted by Crippen LogP contribution is -2.11. The van der Waals surface area contributed by atoms with Crippen molar-refractivity contribution in [2.45, 2.75) is 31.9 Å². The number of nitrogens with two attached hydrogens (primary N) is 1. The van der Waals surface area contributed by atoms with Gasteiger partial charge in [-0.05, 0) is 49.9 Å². The van der Waals surface area contributed by atoms with E-state index in [0.29, 0.717) is 22.4 Å². The Morgan fingerprint density at radius 3 is 2.60 bits per heavy atom. The predicted molar refractivity (Wildman–Crippen MR) is 103 cm³/mol. The Labute approximate surface area is 170 Å². The molecule has 152 valence electrons. The predicted octanol–water partition coefficient (Wildman–Crippen LogP) is 4.99. The summed E-state index contributed by atoms with van der Waals surface area (Å²) in [4.78, 5) is 12.1. The summed E-state index contributed by atoms with van der Waals surface area (Å²) in [5.41, 5.74) is 7.28. The van der Waals surface area contributed by atoms with Crippen molar-refractivity contribution >= 4 is 5.69 Å². The van der Waals surface area contributed by atoms with E-state index in [1.807, 2.05) is 6.07 Å². The van der Waals surface area contributed by atoms with Crippen LogP contribution >= 0.6 is 0 Å². The van der Waals surface area contributed by atoms with Gasteiger partial charge in [0.25, 0.3) is 0 Å². The average Bonchev–Trinajstić information content (AvgIpc) is 3.55. The highest BCUT2D eigenvalue weighted by molar-refractivity contribution is 5.64. The highest BCUT2D eigenvalue weighted by Crippen LogP contribution is 2.48. The summed E-state index contributed by atoms with van der Waals surface area (Å²) < 4.78 is 45.5. The van der Waals surface area contributed by atoms with E-state index in [0.717, 1.165) is 18.9 Å². The van der Waals surface area contributed by atoms with Crippen molar-refractivity contribution in [1.29, 1.82) is 5.26 Å². The number of halogens is 3. The van der Waals surface area contributed by atoms with Gasteiger partial charge in [-0.3, -0.25) is 4.98 Å². The summed E-state index contributed by atoms with van der Waals surface area (Å²) in [6.07, 6.45) is 0.00328. The lowest BCUT2D eigenvalue weighted by molar-refractivity contribution is -0.141. The third-order valence-corrected chi connectivity index (χ3v) is 4.73. The molecular formula is C21H16F3N5O. The average molecular weight is 411 g/mol. The van der Waals surface area contributed by atoms with Crippen LogP contribution in [0.2, 0.25) is 0 Å². The number of pyridine rings is 3. The van der Waals surface area contributed by atoms with Crippen LogP contribution in [0.5, 0.6) is 11.6 Å². The fourth-order valence-corrected chi connectivity index (χ4v) is 3.09. The Bertz CT molecular complexity index is 1170. The van der Waals surface area contributed by atoms with E-state index < -0.39 is 11.9 Å². The van der Waals surface area contributed by atoms with Crippen molar-refractivity contribution in [3.05, 3.63) is 59.2 Å². The fraction of sp³-hybridized carbons (Fsp3) is 0.238. The number of nitrogens with zero attached hydrogens (tertiary/aromatic N) is 4. The van der Waals surface area contributed by atoms with Gasteiger partial charge >= 0.3 is 6.18 Å². The van der Waals surface area contributed by atoms with Crippen molar-refractivity contribution in [2.24, 2.45) is 0 Å². The molecule has 0 unspecified atom stereocenters. The maximum atomic E-state index is 13.2. The molecule has 0 atom stereocenters. The van der Waals surface area contributed by atoms with Crippen LogP contribution in [-0.2, 0) is 6.18 Å². The Balaban J connectivity index is 1.75. The third kappa shape index (κ3) is 3.89. The molecule has 3 heterocycles. The largest absolute Gasteiger partial charge is 0.435 e. The van der Waals surface area contributed by atoms with Gasteiger partial charge in [-0.25, -0.2) is 9.97 Å². The molecule has 0 aliphatic heterocycles. The maximum absolute atomic E-state index is 13.2. The minimum atomic E-state index is -4.54. The monoisotopic (exact) mass is 411 g/mol. The number of aromatic nitrogens is 3. The molecule has 1 aliphatic carbocycles. The van der Waals surface area contributed by atoms with Crippen LogP contribution in [0.4, 0.5) is 18.9 Å². The molecule has 0 saturated heterocycles. The van der Waals surface area contributed by atoms with Crippen LogP contribution in [0, 0.1) is 18.3 Å². The van der Waals surface area contributed by atoms with E-state index in [9.17, 15) is 13.2 Å². The first-order valence-electron chi connectivity index (χ1n) is 9.15. The number of alkyl halides is 3. The summed E-state index contributed by atoms with van der Waals surface area (Å²) in [5, 5.41) is 9.06. The van der Waals surface area contributed by atoms with E-state index in [1.165, 1.54) is 13.1 Å². The Morgan fingerprint density at radius 2 is 1.93 bits per heavy atom. The van der Waals surface area contributed by atoms with E-state index in [-0.39, 0.29) is 28.9 Å². The maximum Gasteiger partial charge on any atom is 0.433 e. The number of hydrogen-bond acceptors (Lipinski definition) is 6. The lowest BCUT2D eigenvalue weighted by Gasteiger charge is -2.17. The van der Waals surface area contributed by atoms with Gasteiger partial charge in [0.05, 0.1) is 22.6 Å². The lowest BCUT2D eigenvalue weighted by atomic mass is 10.1. The van der Waals surface area contributed by atoms with Gasteiger partial charge in [-0.15, -0.1) is 0 Å². The second-order valence-corrected chi connectivity index (χ2v) is 7.05. The highest BCUT2D eigenvalue weighted by Gasteiger charge is 2.37. The van der Waals surface area contributed by atoms with E-state index in [1.54, 1.807) is 24.4 Å². The number of nitriles is 1. The first-order chi connectivity index (χ1) is 14.3. The molecule has 6 nitrogen and oxygen atoms in total. The summed E-state index contributed by atoms with van der Waals surface area (Å²) in [6, 6.07) is 7.91. The van der Waals surface area contributed by atoms with Crippen molar-refractivity contribution in [2.75, 3.05) is 5.73 Å². The third-order valence-electron chi connectivity index (χ3n) is 4.73. The standard InChI is InChI=1S/C21H16F3N5O/c1-11-19(15(13-2-3-13)7-18(28-11)21(22,23)24)30-20-16(26)4-5-17(29-20)14-6-12(8-25)9-27-10-14/h4-7,9-10,13H,2-3,26H2,1H3. The molecular weight excluding hydrogens is 395 g/mol. The van der Waals surface area contributed by atoms with E-state index in [2.05, 4.69) is 15.0 Å². The smallest absolute Gasteiger partial charge is 0.433 e. The van der Waals surface area contributed by atoms with Crippen LogP contribution in [0.1, 0.15) is 41.3 Å². The van der Waals surface area contributed by atoms with Crippen LogP contribution < -0.4 is 10.5 Å². The minimum absolute atomic E-state index is 0.0104. The molecule has 0 bridgehead atoms. The zero-order valence-electron chi connectivity index (χ0n) is 15.9. The zero-order chi connectivity index (χ0) is 21.5. The van der Waals surface area contributed by atoms with Gasteiger partial charge in [0.15, 0.2) is 5.75 Å². The number of anilines is 1. The molecule has 0 spiro atoms. The first kappa shape index (κ1) is 19.6. The van der Waals surface area contributed by atoms with E-state index in [4.69, 9.17) is 15.7 Å². The zero-order valence-corrected chi connectivity index (χ0v) is 15.9. The Kier molecular flexibility index (Phi) is 4.78. The van der Waals surface area contributed by atoms with Gasteiger partial charge < -0.3 is 10.5 Å². The molecule has 1 aliphatic rings. The molecule has 0 aromatic carbocycles. The highest BCUT2D eigenvalue weighted by atomic mass is 19.4. The normalized spacial score (nSPS) is 13.7. The minimum Gasteiger partial charge on any atom is -0.435 e. The Hall–Kier alpha value is -3.67. The number of aryl methyl sites for hydroxylation is 1. The second kappa shape index (κ2) is 7.30. The van der Waals surface area contributed by atoms with Crippen LogP contribution in [0.15, 0.2) is 36.7 Å². The summed E-state index contributed by atoms with van der Waals surface area (Å²) in [5.74, 6) is 0.288. The van der Waals surface area contributed by atoms with Crippen molar-refractivity contribution in [1.82, 2.24) is 15.0 Å². The molecule has 2 N–H and O–H groups in total. The second-order valence-electron chi connectivity index (χ2n) is 7.05. The van der Waals surface area contributed by atoms with Crippen LogP contribution in [-0.4, -0.2) is 15.0 Å². The molecule has 9 heteroatoms. The molecule has 30 heavy (non-hydrogen) atoms. The van der Waals surface area contributed by atoms with Gasteiger partial charge in [-0.2, -0.15) is 18.4 Å². The van der Waals surface area contributed by atoms with Gasteiger partial charge in [0.1, 0.15) is 11.8 Å². The van der Waals surface area contributed by atoms with Crippen LogP contribution in [0.25, 0.3) is 11.3 Å². The molecule has 3 aromatic heterocycles. The molecule has 1 saturated carbocycles. The Morgan fingerprint density at radius 1 is 1.17 bits per heavy atom.